The molecule has 0 radical (unpaired) electrons. The van der Waals surface area contributed by atoms with Crippen LogP contribution in [0.2, 0.25) is 0 Å². The summed E-state index contributed by atoms with van der Waals surface area (Å²) in [4.78, 5) is 15.9. The molecular weight excluding hydrogens is 332 g/mol. The molecule has 1 aliphatic rings. The van der Waals surface area contributed by atoms with Crippen molar-refractivity contribution in [1.29, 1.82) is 0 Å². The van der Waals surface area contributed by atoms with Crippen LogP contribution in [0.5, 0.6) is 0 Å². The number of rotatable bonds is 7. The van der Waals surface area contributed by atoms with Gasteiger partial charge in [0, 0.05) is 36.1 Å². The number of ether oxygens (including phenoxy) is 1. The Morgan fingerprint density at radius 1 is 1.24 bits per heavy atom. The molecule has 0 bridgehead atoms. The monoisotopic (exact) mass is 358 g/mol. The first kappa shape index (κ1) is 18.1. The number of anilines is 1. The molecule has 25 heavy (non-hydrogen) atoms. The van der Waals surface area contributed by atoms with Gasteiger partial charge in [0.2, 0.25) is 5.91 Å². The predicted octanol–water partition coefficient (Wildman–Crippen LogP) is 4.10. The Morgan fingerprint density at radius 2 is 2.00 bits per heavy atom. The fraction of sp³-hybridized carbons (Fsp3) is 0.450. The number of benzene rings is 1. The minimum Gasteiger partial charge on any atom is -0.379 e. The van der Waals surface area contributed by atoms with E-state index in [1.807, 2.05) is 12.1 Å². The van der Waals surface area contributed by atoms with Gasteiger partial charge in [-0.3, -0.25) is 9.69 Å². The second-order valence-corrected chi connectivity index (χ2v) is 7.46. The van der Waals surface area contributed by atoms with E-state index in [1.165, 1.54) is 10.4 Å². The summed E-state index contributed by atoms with van der Waals surface area (Å²) in [6.07, 6.45) is 2.42. The van der Waals surface area contributed by atoms with Crippen molar-refractivity contribution in [2.24, 2.45) is 0 Å². The number of amides is 1. The van der Waals surface area contributed by atoms with Crippen LogP contribution in [0.1, 0.15) is 36.2 Å². The fourth-order valence-corrected chi connectivity index (χ4v) is 3.87. The molecule has 5 heteroatoms. The lowest BCUT2D eigenvalue weighted by Crippen LogP contribution is -2.37. The molecule has 2 heterocycles. The van der Waals surface area contributed by atoms with Gasteiger partial charge < -0.3 is 10.1 Å². The summed E-state index contributed by atoms with van der Waals surface area (Å²) in [5, 5.41) is 5.08. The third-order valence-electron chi connectivity index (χ3n) is 4.68. The minimum atomic E-state index is 0.0885. The largest absolute Gasteiger partial charge is 0.379 e. The average Bonchev–Trinajstić information content (AvgIpc) is 3.16. The van der Waals surface area contributed by atoms with Gasteiger partial charge in [-0.15, -0.1) is 11.3 Å². The van der Waals surface area contributed by atoms with Crippen molar-refractivity contribution in [3.63, 3.8) is 0 Å². The van der Waals surface area contributed by atoms with Gasteiger partial charge in [-0.25, -0.2) is 0 Å². The van der Waals surface area contributed by atoms with E-state index in [0.717, 1.165) is 44.8 Å². The Balaban J connectivity index is 1.45. The maximum Gasteiger partial charge on any atom is 0.224 e. The molecule has 1 N–H and O–H groups in total. The van der Waals surface area contributed by atoms with Crippen molar-refractivity contribution >= 4 is 22.9 Å². The van der Waals surface area contributed by atoms with Crippen LogP contribution >= 0.6 is 11.3 Å². The third-order valence-corrected chi connectivity index (χ3v) is 5.61. The van der Waals surface area contributed by atoms with Crippen molar-refractivity contribution in [2.75, 3.05) is 31.6 Å². The molecular formula is C20H26N2O2S. The van der Waals surface area contributed by atoms with Gasteiger partial charge in [0.15, 0.2) is 0 Å². The number of carbonyl (C=O) groups is 1. The van der Waals surface area contributed by atoms with Gasteiger partial charge in [-0.2, -0.15) is 0 Å². The number of aryl methyl sites for hydroxylation is 1. The van der Waals surface area contributed by atoms with E-state index in [2.05, 4.69) is 46.8 Å². The second-order valence-electron chi connectivity index (χ2n) is 6.43. The van der Waals surface area contributed by atoms with Gasteiger partial charge in [0.1, 0.15) is 0 Å². The summed E-state index contributed by atoms with van der Waals surface area (Å²) in [5.41, 5.74) is 2.15. The average molecular weight is 359 g/mol. The summed E-state index contributed by atoms with van der Waals surface area (Å²) in [5.74, 6) is 0.0885. The lowest BCUT2D eigenvalue weighted by molar-refractivity contribution is -0.116. The molecule has 4 nitrogen and oxygen atoms in total. The molecule has 0 saturated carbocycles. The van der Waals surface area contributed by atoms with Crippen LogP contribution in [0.25, 0.3) is 0 Å². The van der Waals surface area contributed by atoms with E-state index in [1.54, 1.807) is 11.3 Å². The molecule has 1 aliphatic heterocycles. The molecule has 1 unspecified atom stereocenters. The third kappa shape index (κ3) is 5.39. The highest BCUT2D eigenvalue weighted by Crippen LogP contribution is 2.23. The van der Waals surface area contributed by atoms with E-state index in [-0.39, 0.29) is 5.91 Å². The molecule has 1 atom stereocenters. The molecule has 0 aliphatic carbocycles. The molecule has 1 amide bonds. The number of thiophene rings is 1. The van der Waals surface area contributed by atoms with E-state index in [4.69, 9.17) is 4.74 Å². The van der Waals surface area contributed by atoms with Gasteiger partial charge in [0.25, 0.3) is 0 Å². The summed E-state index contributed by atoms with van der Waals surface area (Å²) < 4.78 is 5.42. The summed E-state index contributed by atoms with van der Waals surface area (Å²) in [7, 11) is 0. The van der Waals surface area contributed by atoms with Gasteiger partial charge in [0.05, 0.1) is 13.2 Å². The minimum absolute atomic E-state index is 0.0885. The van der Waals surface area contributed by atoms with Crippen molar-refractivity contribution in [1.82, 2.24) is 4.90 Å². The highest BCUT2D eigenvalue weighted by Gasteiger charge is 2.18. The second kappa shape index (κ2) is 9.13. The summed E-state index contributed by atoms with van der Waals surface area (Å²) >= 11 is 1.75. The van der Waals surface area contributed by atoms with Crippen molar-refractivity contribution in [3.8, 4) is 0 Å². The van der Waals surface area contributed by atoms with Crippen molar-refractivity contribution < 1.29 is 9.53 Å². The van der Waals surface area contributed by atoms with Crippen LogP contribution in [-0.2, 0) is 16.0 Å². The zero-order valence-electron chi connectivity index (χ0n) is 14.7. The van der Waals surface area contributed by atoms with Gasteiger partial charge in [-0.05, 0) is 48.9 Å². The van der Waals surface area contributed by atoms with Gasteiger partial charge >= 0.3 is 0 Å². The Kier molecular flexibility index (Phi) is 6.62. The molecule has 1 aromatic heterocycles. The Morgan fingerprint density at radius 3 is 2.68 bits per heavy atom. The van der Waals surface area contributed by atoms with Crippen LogP contribution in [0.3, 0.4) is 0 Å². The quantitative estimate of drug-likeness (QED) is 0.810. The molecule has 0 spiro atoms. The Hall–Kier alpha value is -1.69. The maximum absolute atomic E-state index is 12.1. The zero-order chi connectivity index (χ0) is 17.5. The number of morpholine rings is 1. The van der Waals surface area contributed by atoms with Crippen LogP contribution in [-0.4, -0.2) is 37.1 Å². The van der Waals surface area contributed by atoms with Crippen LogP contribution < -0.4 is 5.32 Å². The number of carbonyl (C=O) groups excluding carboxylic acids is 1. The molecule has 2 aromatic rings. The Bertz CT molecular complexity index is 649. The number of hydrogen-bond donors (Lipinski definition) is 1. The van der Waals surface area contributed by atoms with Gasteiger partial charge in [-0.1, -0.05) is 18.2 Å². The van der Waals surface area contributed by atoms with E-state index in [0.29, 0.717) is 12.5 Å². The lowest BCUT2D eigenvalue weighted by Gasteiger charge is -2.32. The number of nitrogens with zero attached hydrogens (tertiary/aromatic N) is 1. The highest BCUT2D eigenvalue weighted by molar-refractivity contribution is 7.09. The van der Waals surface area contributed by atoms with Crippen LogP contribution in [0.15, 0.2) is 41.8 Å². The predicted molar refractivity (Wildman–Crippen MR) is 103 cm³/mol. The summed E-state index contributed by atoms with van der Waals surface area (Å²) in [6.45, 7) is 5.80. The standard InChI is InChI=1S/C20H26N2O2S/c1-16(22-11-13-24-14-12-22)17-7-9-18(10-8-17)21-20(23)6-2-4-19-5-3-15-25-19/h3,5,7-10,15-16H,2,4,6,11-14H2,1H3,(H,21,23). The van der Waals surface area contributed by atoms with E-state index >= 15 is 0 Å². The normalized spacial score (nSPS) is 16.5. The molecule has 1 fully saturated rings. The van der Waals surface area contributed by atoms with Crippen molar-refractivity contribution in [3.05, 3.63) is 52.2 Å². The van der Waals surface area contributed by atoms with E-state index < -0.39 is 0 Å². The first-order chi connectivity index (χ1) is 12.2. The number of nitrogens with one attached hydrogen (secondary N) is 1. The van der Waals surface area contributed by atoms with Crippen LogP contribution in [0.4, 0.5) is 5.69 Å². The number of hydrogen-bond acceptors (Lipinski definition) is 4. The molecule has 3 rings (SSSR count). The first-order valence-corrected chi connectivity index (χ1v) is 9.84. The van der Waals surface area contributed by atoms with Crippen LogP contribution in [0, 0.1) is 0 Å². The molecule has 1 saturated heterocycles. The highest BCUT2D eigenvalue weighted by atomic mass is 32.1. The lowest BCUT2D eigenvalue weighted by atomic mass is 10.1. The van der Waals surface area contributed by atoms with E-state index in [9.17, 15) is 4.79 Å². The zero-order valence-corrected chi connectivity index (χ0v) is 15.6. The Labute approximate surface area is 153 Å². The fourth-order valence-electron chi connectivity index (χ4n) is 3.12. The molecule has 1 aromatic carbocycles. The first-order valence-electron chi connectivity index (χ1n) is 8.96. The summed E-state index contributed by atoms with van der Waals surface area (Å²) in [6, 6.07) is 12.8. The molecule has 134 valence electrons. The van der Waals surface area contributed by atoms with Crippen molar-refractivity contribution in [2.45, 2.75) is 32.2 Å². The topological polar surface area (TPSA) is 41.6 Å². The maximum atomic E-state index is 12.1. The smallest absolute Gasteiger partial charge is 0.224 e. The SMILES string of the molecule is CC(c1ccc(NC(=O)CCCc2cccs2)cc1)N1CCOCC1.